The summed E-state index contributed by atoms with van der Waals surface area (Å²) < 4.78 is 2.26. The number of rotatable bonds is 6. The molecular weight excluding hydrogens is 310 g/mol. The molecular formula is C21H27N3O. The largest absolute Gasteiger partial charge is 0.338 e. The Labute approximate surface area is 150 Å². The lowest BCUT2D eigenvalue weighted by atomic mass is 9.96. The zero-order chi connectivity index (χ0) is 17.6. The van der Waals surface area contributed by atoms with E-state index < -0.39 is 0 Å². The molecule has 1 aromatic carbocycles. The fourth-order valence-electron chi connectivity index (χ4n) is 3.51. The summed E-state index contributed by atoms with van der Waals surface area (Å²) in [5.41, 5.74) is 1.78. The predicted molar refractivity (Wildman–Crippen MR) is 102 cm³/mol. The lowest BCUT2D eigenvalue weighted by Gasteiger charge is -2.33. The summed E-state index contributed by atoms with van der Waals surface area (Å²) in [5, 5.41) is 0. The van der Waals surface area contributed by atoms with Gasteiger partial charge >= 0.3 is 0 Å². The number of hydrogen-bond donors (Lipinski definition) is 0. The van der Waals surface area contributed by atoms with Crippen LogP contribution in [0.1, 0.15) is 60.3 Å². The first kappa shape index (κ1) is 17.5. The normalized spacial score (nSPS) is 17.5. The lowest BCUT2D eigenvalue weighted by Crippen LogP contribution is -2.39. The maximum absolute atomic E-state index is 12.8. The van der Waals surface area contributed by atoms with E-state index in [9.17, 15) is 4.79 Å². The van der Waals surface area contributed by atoms with Crippen molar-refractivity contribution < 1.29 is 4.79 Å². The van der Waals surface area contributed by atoms with Crippen LogP contribution in [0.2, 0.25) is 0 Å². The van der Waals surface area contributed by atoms with Gasteiger partial charge in [-0.25, -0.2) is 4.98 Å². The number of nitrogens with zero attached hydrogens (tertiary/aromatic N) is 3. The van der Waals surface area contributed by atoms with E-state index in [0.29, 0.717) is 5.92 Å². The fraction of sp³-hybridized carbons (Fsp3) is 0.429. The highest BCUT2D eigenvalue weighted by atomic mass is 16.2. The molecule has 0 aliphatic carbocycles. The third-order valence-electron chi connectivity index (χ3n) is 4.97. The molecule has 4 heteroatoms. The first-order valence-corrected chi connectivity index (χ1v) is 9.25. The van der Waals surface area contributed by atoms with Gasteiger partial charge in [0.15, 0.2) is 0 Å². The molecule has 0 N–H and O–H groups in total. The van der Waals surface area contributed by atoms with Crippen molar-refractivity contribution in [3.63, 3.8) is 0 Å². The van der Waals surface area contributed by atoms with Crippen LogP contribution < -0.4 is 0 Å². The van der Waals surface area contributed by atoms with Gasteiger partial charge < -0.3 is 9.47 Å². The zero-order valence-corrected chi connectivity index (χ0v) is 15.0. The minimum atomic E-state index is 0.118. The SMILES string of the molecule is C=Cc1ccc(C(=O)N2CCC[C@@H](c3nccn3CCCC)C2)cc1. The van der Waals surface area contributed by atoms with Crippen molar-refractivity contribution in [1.29, 1.82) is 0 Å². The molecule has 1 amide bonds. The highest BCUT2D eigenvalue weighted by Gasteiger charge is 2.27. The van der Waals surface area contributed by atoms with Crippen LogP contribution in [0.25, 0.3) is 6.08 Å². The van der Waals surface area contributed by atoms with Crippen LogP contribution in [0.4, 0.5) is 0 Å². The second-order valence-electron chi connectivity index (χ2n) is 6.75. The molecule has 2 aromatic rings. The van der Waals surface area contributed by atoms with E-state index in [0.717, 1.165) is 55.8 Å². The van der Waals surface area contributed by atoms with Crippen molar-refractivity contribution in [1.82, 2.24) is 14.5 Å². The molecule has 1 atom stereocenters. The van der Waals surface area contributed by atoms with Gasteiger partial charge in [0.05, 0.1) is 0 Å². The van der Waals surface area contributed by atoms with Crippen molar-refractivity contribution in [3.05, 3.63) is 60.2 Å². The first-order chi connectivity index (χ1) is 12.2. The van der Waals surface area contributed by atoms with Crippen LogP contribution in [0.5, 0.6) is 0 Å². The number of benzene rings is 1. The molecule has 0 radical (unpaired) electrons. The highest BCUT2D eigenvalue weighted by Crippen LogP contribution is 2.27. The third-order valence-corrected chi connectivity index (χ3v) is 4.97. The molecule has 1 aliphatic rings. The monoisotopic (exact) mass is 337 g/mol. The Balaban J connectivity index is 1.71. The van der Waals surface area contributed by atoms with E-state index in [1.54, 1.807) is 6.08 Å². The topological polar surface area (TPSA) is 38.1 Å². The van der Waals surface area contributed by atoms with Crippen molar-refractivity contribution in [2.24, 2.45) is 0 Å². The summed E-state index contributed by atoms with van der Waals surface area (Å²) in [6.45, 7) is 8.56. The minimum Gasteiger partial charge on any atom is -0.338 e. The summed E-state index contributed by atoms with van der Waals surface area (Å²) in [6.07, 6.45) is 10.2. The number of amides is 1. The minimum absolute atomic E-state index is 0.118. The van der Waals surface area contributed by atoms with Crippen molar-refractivity contribution in [2.75, 3.05) is 13.1 Å². The van der Waals surface area contributed by atoms with Crippen molar-refractivity contribution >= 4 is 12.0 Å². The molecule has 1 fully saturated rings. The van der Waals surface area contributed by atoms with Gasteiger partial charge in [0.2, 0.25) is 0 Å². The zero-order valence-electron chi connectivity index (χ0n) is 15.0. The summed E-state index contributed by atoms with van der Waals surface area (Å²) in [6, 6.07) is 7.68. The number of unbranched alkanes of at least 4 members (excludes halogenated alkanes) is 1. The molecule has 25 heavy (non-hydrogen) atoms. The average molecular weight is 337 g/mol. The molecule has 0 bridgehead atoms. The Morgan fingerprint density at radius 3 is 2.88 bits per heavy atom. The van der Waals surface area contributed by atoms with Crippen LogP contribution in [-0.2, 0) is 6.54 Å². The number of piperidine rings is 1. The summed E-state index contributed by atoms with van der Waals surface area (Å²) >= 11 is 0. The van der Waals surface area contributed by atoms with Crippen molar-refractivity contribution in [3.8, 4) is 0 Å². The second-order valence-corrected chi connectivity index (χ2v) is 6.75. The van der Waals surface area contributed by atoms with Gasteiger partial charge in [-0.1, -0.05) is 38.1 Å². The third kappa shape index (κ3) is 4.01. The first-order valence-electron chi connectivity index (χ1n) is 9.25. The van der Waals surface area contributed by atoms with Gasteiger partial charge in [0.25, 0.3) is 5.91 Å². The number of aromatic nitrogens is 2. The van der Waals surface area contributed by atoms with Crippen LogP contribution in [-0.4, -0.2) is 33.4 Å². The molecule has 4 nitrogen and oxygen atoms in total. The van der Waals surface area contributed by atoms with E-state index in [1.807, 2.05) is 35.4 Å². The molecule has 1 aromatic heterocycles. The molecule has 3 rings (SSSR count). The van der Waals surface area contributed by atoms with Gasteiger partial charge in [-0.3, -0.25) is 4.79 Å². The van der Waals surface area contributed by atoms with Crippen LogP contribution in [0, 0.1) is 0 Å². The Morgan fingerprint density at radius 2 is 2.16 bits per heavy atom. The van der Waals surface area contributed by atoms with Gasteiger partial charge in [0, 0.05) is 43.5 Å². The summed E-state index contributed by atoms with van der Waals surface area (Å²) in [5.74, 6) is 1.58. The number of hydrogen-bond acceptors (Lipinski definition) is 2. The highest BCUT2D eigenvalue weighted by molar-refractivity contribution is 5.94. The van der Waals surface area contributed by atoms with Gasteiger partial charge in [-0.15, -0.1) is 0 Å². The van der Waals surface area contributed by atoms with Crippen molar-refractivity contribution in [2.45, 2.75) is 45.1 Å². The molecule has 132 valence electrons. The Hall–Kier alpha value is -2.36. The van der Waals surface area contributed by atoms with E-state index in [4.69, 9.17) is 0 Å². The van der Waals surface area contributed by atoms with E-state index in [1.165, 1.54) is 6.42 Å². The van der Waals surface area contributed by atoms with E-state index in [2.05, 4.69) is 29.3 Å². The van der Waals surface area contributed by atoms with Gasteiger partial charge in [-0.05, 0) is 37.0 Å². The van der Waals surface area contributed by atoms with E-state index in [-0.39, 0.29) is 5.91 Å². The Morgan fingerprint density at radius 1 is 1.36 bits per heavy atom. The molecule has 1 aliphatic heterocycles. The van der Waals surface area contributed by atoms with Crippen LogP contribution >= 0.6 is 0 Å². The maximum atomic E-state index is 12.8. The van der Waals surface area contributed by atoms with Crippen LogP contribution in [0.3, 0.4) is 0 Å². The number of carbonyl (C=O) groups excluding carboxylic acids is 1. The molecule has 1 saturated heterocycles. The Bertz CT molecular complexity index is 717. The summed E-state index contributed by atoms with van der Waals surface area (Å²) in [7, 11) is 0. The molecule has 0 unspecified atom stereocenters. The molecule has 0 spiro atoms. The smallest absolute Gasteiger partial charge is 0.253 e. The number of likely N-dealkylation sites (tertiary alicyclic amines) is 1. The lowest BCUT2D eigenvalue weighted by molar-refractivity contribution is 0.0703. The van der Waals surface area contributed by atoms with Gasteiger partial charge in [-0.2, -0.15) is 0 Å². The van der Waals surface area contributed by atoms with E-state index >= 15 is 0 Å². The van der Waals surface area contributed by atoms with Crippen LogP contribution in [0.15, 0.2) is 43.2 Å². The predicted octanol–water partition coefficient (Wildman–Crippen LogP) is 4.35. The number of carbonyl (C=O) groups is 1. The fourth-order valence-corrected chi connectivity index (χ4v) is 3.51. The average Bonchev–Trinajstić information content (AvgIpc) is 3.14. The maximum Gasteiger partial charge on any atom is 0.253 e. The van der Waals surface area contributed by atoms with Gasteiger partial charge in [0.1, 0.15) is 5.82 Å². The standard InChI is InChI=1S/C21H27N3O/c1-3-5-13-23-15-12-22-20(23)19-7-6-14-24(16-19)21(25)18-10-8-17(4-2)9-11-18/h4,8-12,15,19H,2-3,5-7,13-14,16H2,1H3/t19-/m1/s1. The summed E-state index contributed by atoms with van der Waals surface area (Å²) in [4.78, 5) is 19.4. The number of imidazole rings is 1. The number of aryl methyl sites for hydroxylation is 1. The Kier molecular flexibility index (Phi) is 5.69. The quantitative estimate of drug-likeness (QED) is 0.786. The molecule has 2 heterocycles. The molecule has 0 saturated carbocycles. The second kappa shape index (κ2) is 8.15.